The quantitative estimate of drug-likeness (QED) is 0.674. The third-order valence-corrected chi connectivity index (χ3v) is 5.03. The third-order valence-electron chi connectivity index (χ3n) is 5.03. The molecule has 140 valence electrons. The van der Waals surface area contributed by atoms with Crippen LogP contribution in [-0.2, 0) is 11.3 Å². The van der Waals surface area contributed by atoms with Crippen LogP contribution in [0.4, 0.5) is 0 Å². The van der Waals surface area contributed by atoms with Gasteiger partial charge in [0.05, 0.1) is 24.7 Å². The van der Waals surface area contributed by atoms with Gasteiger partial charge in [-0.15, -0.1) is 0 Å². The molecule has 4 rings (SSSR count). The van der Waals surface area contributed by atoms with Gasteiger partial charge in [-0.2, -0.15) is 0 Å². The minimum Gasteiger partial charge on any atom is -0.493 e. The number of imidazole rings is 1. The summed E-state index contributed by atoms with van der Waals surface area (Å²) in [4.78, 5) is 18.6. The Bertz CT molecular complexity index is 966. The van der Waals surface area contributed by atoms with Crippen LogP contribution >= 0.6 is 0 Å². The minimum atomic E-state index is 0.112. The van der Waals surface area contributed by atoms with Gasteiger partial charge in [0.2, 0.25) is 5.91 Å². The molecule has 3 aromatic rings. The van der Waals surface area contributed by atoms with E-state index in [-0.39, 0.29) is 11.8 Å². The van der Waals surface area contributed by atoms with E-state index in [1.54, 1.807) is 12.0 Å². The lowest BCUT2D eigenvalue weighted by atomic mass is 10.1. The molecule has 0 aliphatic carbocycles. The van der Waals surface area contributed by atoms with Crippen molar-refractivity contribution in [3.63, 3.8) is 0 Å². The fourth-order valence-corrected chi connectivity index (χ4v) is 3.66. The summed E-state index contributed by atoms with van der Waals surface area (Å²) in [6, 6.07) is 15.7. The van der Waals surface area contributed by atoms with Crippen LogP contribution in [-0.4, -0.2) is 47.7 Å². The van der Waals surface area contributed by atoms with Crippen LogP contribution in [0.25, 0.3) is 11.0 Å². The Morgan fingerprint density at radius 2 is 1.85 bits per heavy atom. The number of fused-ring (bicyclic) bond motifs is 1. The molecule has 0 radical (unpaired) electrons. The maximum atomic E-state index is 12.0. The first kappa shape index (κ1) is 17.4. The maximum absolute atomic E-state index is 12.0. The van der Waals surface area contributed by atoms with Gasteiger partial charge in [-0.05, 0) is 24.3 Å². The van der Waals surface area contributed by atoms with E-state index < -0.39 is 0 Å². The number of hydrogen-bond donors (Lipinski definition) is 0. The van der Waals surface area contributed by atoms with E-state index >= 15 is 0 Å². The van der Waals surface area contributed by atoms with Gasteiger partial charge in [0.15, 0.2) is 11.5 Å². The summed E-state index contributed by atoms with van der Waals surface area (Å²) in [6.45, 7) is 1.85. The molecule has 6 nitrogen and oxygen atoms in total. The second-order valence-corrected chi connectivity index (χ2v) is 6.78. The number of aromatic nitrogens is 2. The molecule has 0 spiro atoms. The first-order valence-electron chi connectivity index (χ1n) is 9.12. The van der Waals surface area contributed by atoms with Crippen molar-refractivity contribution < 1.29 is 14.3 Å². The topological polar surface area (TPSA) is 56.6 Å². The van der Waals surface area contributed by atoms with Gasteiger partial charge in [0, 0.05) is 25.9 Å². The number of amides is 1. The Kier molecular flexibility index (Phi) is 4.71. The molecule has 0 bridgehead atoms. The van der Waals surface area contributed by atoms with Crippen molar-refractivity contribution >= 4 is 16.9 Å². The first-order chi connectivity index (χ1) is 13.2. The average Bonchev–Trinajstić information content (AvgIpc) is 3.22. The number of nitrogens with zero attached hydrogens (tertiary/aromatic N) is 3. The predicted octanol–water partition coefficient (Wildman–Crippen LogP) is 3.07. The molecule has 1 amide bonds. The molecule has 6 heteroatoms. The number of benzene rings is 2. The zero-order valence-electron chi connectivity index (χ0n) is 15.6. The summed E-state index contributed by atoms with van der Waals surface area (Å²) in [5, 5.41) is 0. The van der Waals surface area contributed by atoms with E-state index in [0.29, 0.717) is 26.1 Å². The summed E-state index contributed by atoms with van der Waals surface area (Å²) in [6.07, 6.45) is 0.507. The molecule has 2 aromatic carbocycles. The predicted molar refractivity (Wildman–Crippen MR) is 103 cm³/mol. The zero-order valence-corrected chi connectivity index (χ0v) is 15.6. The Morgan fingerprint density at radius 1 is 1.11 bits per heavy atom. The Labute approximate surface area is 158 Å². The second kappa shape index (κ2) is 7.31. The van der Waals surface area contributed by atoms with Crippen molar-refractivity contribution in [3.05, 3.63) is 54.4 Å². The molecule has 2 heterocycles. The van der Waals surface area contributed by atoms with Gasteiger partial charge in [0.1, 0.15) is 12.4 Å². The van der Waals surface area contributed by atoms with Crippen molar-refractivity contribution in [1.82, 2.24) is 14.5 Å². The average molecular weight is 365 g/mol. The molecular weight excluding hydrogens is 342 g/mol. The van der Waals surface area contributed by atoms with Gasteiger partial charge in [-0.3, -0.25) is 4.79 Å². The smallest absolute Gasteiger partial charge is 0.223 e. The lowest BCUT2D eigenvalue weighted by molar-refractivity contribution is -0.126. The summed E-state index contributed by atoms with van der Waals surface area (Å²) in [7, 11) is 3.48. The zero-order chi connectivity index (χ0) is 18.8. The van der Waals surface area contributed by atoms with E-state index in [0.717, 1.165) is 28.4 Å². The summed E-state index contributed by atoms with van der Waals surface area (Å²) >= 11 is 0. The monoisotopic (exact) mass is 365 g/mol. The molecule has 1 fully saturated rings. The standard InChI is InChI=1S/C21H23N3O3/c1-23-14-15(13-20(23)25)21-22-16-7-3-4-8-17(16)24(21)11-12-27-19-10-6-5-9-18(19)26-2/h3-10,15H,11-14H2,1-2H3. The van der Waals surface area contributed by atoms with Crippen molar-refractivity contribution in [1.29, 1.82) is 0 Å². The molecule has 1 unspecified atom stereocenters. The molecule has 1 atom stereocenters. The molecule has 1 saturated heterocycles. The van der Waals surface area contributed by atoms with Gasteiger partial charge in [-0.1, -0.05) is 24.3 Å². The molecule has 0 saturated carbocycles. The number of likely N-dealkylation sites (N-methyl/N-ethyl adjacent to an activating group) is 1. The van der Waals surface area contributed by atoms with Gasteiger partial charge < -0.3 is 18.9 Å². The molecular formula is C21H23N3O3. The lowest BCUT2D eigenvalue weighted by Crippen LogP contribution is -2.19. The van der Waals surface area contributed by atoms with Crippen molar-refractivity contribution in [3.8, 4) is 11.5 Å². The molecule has 1 aromatic heterocycles. The maximum Gasteiger partial charge on any atom is 0.223 e. The van der Waals surface area contributed by atoms with Crippen LogP contribution in [0.3, 0.4) is 0 Å². The summed E-state index contributed by atoms with van der Waals surface area (Å²) < 4.78 is 13.5. The minimum absolute atomic E-state index is 0.112. The highest BCUT2D eigenvalue weighted by atomic mass is 16.5. The largest absolute Gasteiger partial charge is 0.493 e. The number of rotatable bonds is 6. The van der Waals surface area contributed by atoms with Crippen LogP contribution in [0.1, 0.15) is 18.2 Å². The number of carbonyl (C=O) groups is 1. The number of hydrogen-bond acceptors (Lipinski definition) is 4. The second-order valence-electron chi connectivity index (χ2n) is 6.78. The molecule has 1 aliphatic heterocycles. The normalized spacial score (nSPS) is 16.9. The van der Waals surface area contributed by atoms with E-state index in [1.807, 2.05) is 49.5 Å². The Hall–Kier alpha value is -3.02. The number of carbonyl (C=O) groups excluding carboxylic acids is 1. The van der Waals surface area contributed by atoms with Crippen LogP contribution in [0, 0.1) is 0 Å². The number of methoxy groups -OCH3 is 1. The van der Waals surface area contributed by atoms with Crippen LogP contribution < -0.4 is 9.47 Å². The summed E-state index contributed by atoms with van der Waals surface area (Å²) in [5.41, 5.74) is 2.02. The number of ether oxygens (including phenoxy) is 2. The van der Waals surface area contributed by atoms with Crippen LogP contribution in [0.2, 0.25) is 0 Å². The highest BCUT2D eigenvalue weighted by Gasteiger charge is 2.31. The van der Waals surface area contributed by atoms with E-state index in [9.17, 15) is 4.79 Å². The SMILES string of the molecule is COc1ccccc1OCCn1c(C2CC(=O)N(C)C2)nc2ccccc21. The first-order valence-corrected chi connectivity index (χ1v) is 9.12. The van der Waals surface area contributed by atoms with Gasteiger partial charge in [0.25, 0.3) is 0 Å². The van der Waals surface area contributed by atoms with E-state index in [1.165, 1.54) is 0 Å². The Morgan fingerprint density at radius 3 is 2.59 bits per heavy atom. The fraction of sp³-hybridized carbons (Fsp3) is 0.333. The van der Waals surface area contributed by atoms with Gasteiger partial charge in [-0.25, -0.2) is 4.98 Å². The molecule has 0 N–H and O–H groups in total. The number of likely N-dealkylation sites (tertiary alicyclic amines) is 1. The Balaban J connectivity index is 1.58. The van der Waals surface area contributed by atoms with Crippen molar-refractivity contribution in [2.45, 2.75) is 18.9 Å². The van der Waals surface area contributed by atoms with Crippen molar-refractivity contribution in [2.24, 2.45) is 0 Å². The fourth-order valence-electron chi connectivity index (χ4n) is 3.66. The lowest BCUT2D eigenvalue weighted by Gasteiger charge is -2.15. The van der Waals surface area contributed by atoms with Crippen LogP contribution in [0.5, 0.6) is 11.5 Å². The highest BCUT2D eigenvalue weighted by molar-refractivity contribution is 5.80. The molecule has 1 aliphatic rings. The number of para-hydroxylation sites is 4. The van der Waals surface area contributed by atoms with E-state index in [2.05, 4.69) is 10.6 Å². The van der Waals surface area contributed by atoms with Crippen LogP contribution in [0.15, 0.2) is 48.5 Å². The molecule has 27 heavy (non-hydrogen) atoms. The van der Waals surface area contributed by atoms with Crippen molar-refractivity contribution in [2.75, 3.05) is 27.3 Å². The van der Waals surface area contributed by atoms with Gasteiger partial charge >= 0.3 is 0 Å². The third kappa shape index (κ3) is 3.35. The highest BCUT2D eigenvalue weighted by Crippen LogP contribution is 2.30. The van der Waals surface area contributed by atoms with E-state index in [4.69, 9.17) is 14.5 Å². The summed E-state index contributed by atoms with van der Waals surface area (Å²) in [5.74, 6) is 2.68.